The van der Waals surface area contributed by atoms with E-state index in [1.54, 1.807) is 6.92 Å². The second kappa shape index (κ2) is 6.99. The van der Waals surface area contributed by atoms with Gasteiger partial charge in [-0.05, 0) is 44.9 Å². The van der Waals surface area contributed by atoms with Gasteiger partial charge < -0.3 is 9.80 Å². The molecule has 2 saturated heterocycles. The maximum atomic E-state index is 11.8. The molecule has 1 amide bonds. The summed E-state index contributed by atoms with van der Waals surface area (Å²) in [7, 11) is 2.18. The van der Waals surface area contributed by atoms with E-state index in [0.717, 1.165) is 56.3 Å². The second-order valence-electron chi connectivity index (χ2n) is 8.65. The number of aromatic nitrogens is 4. The third kappa shape index (κ3) is 3.03. The van der Waals surface area contributed by atoms with Gasteiger partial charge in [-0.15, -0.1) is 15.3 Å². The molecule has 1 unspecified atom stereocenters. The number of hydrogen-bond donors (Lipinski definition) is 0. The molecule has 0 spiro atoms. The van der Waals surface area contributed by atoms with E-state index in [1.807, 2.05) is 15.5 Å². The number of rotatable bonds is 5. The van der Waals surface area contributed by atoms with Crippen molar-refractivity contribution < 1.29 is 4.79 Å². The van der Waals surface area contributed by atoms with E-state index in [2.05, 4.69) is 33.1 Å². The molecule has 28 heavy (non-hydrogen) atoms. The Kier molecular flexibility index (Phi) is 4.45. The van der Waals surface area contributed by atoms with Crippen molar-refractivity contribution in [1.29, 1.82) is 0 Å². The highest BCUT2D eigenvalue weighted by Gasteiger charge is 2.35. The Morgan fingerprint density at radius 3 is 2.71 bits per heavy atom. The Labute approximate surface area is 165 Å². The summed E-state index contributed by atoms with van der Waals surface area (Å²) >= 11 is 0. The van der Waals surface area contributed by atoms with Gasteiger partial charge in [0.1, 0.15) is 5.82 Å². The van der Waals surface area contributed by atoms with Crippen molar-refractivity contribution in [3.05, 3.63) is 18.0 Å². The van der Waals surface area contributed by atoms with E-state index < -0.39 is 0 Å². The fourth-order valence-corrected chi connectivity index (χ4v) is 4.73. The van der Waals surface area contributed by atoms with Crippen LogP contribution in [-0.4, -0.2) is 80.8 Å². The van der Waals surface area contributed by atoms with E-state index in [-0.39, 0.29) is 5.91 Å². The SMILES string of the molecule is CC(=O)N1CCCC1CN(C)C1CN(c2ccc3nnc(C4CCC4)n3n2)C1. The maximum absolute atomic E-state index is 11.8. The Hall–Kier alpha value is -2.22. The predicted octanol–water partition coefficient (Wildman–Crippen LogP) is 1.52. The Morgan fingerprint density at radius 1 is 1.18 bits per heavy atom. The van der Waals surface area contributed by atoms with Crippen molar-refractivity contribution in [3.8, 4) is 0 Å². The molecule has 3 aliphatic rings. The molecule has 3 fully saturated rings. The number of carbonyl (C=O) groups excluding carboxylic acids is 1. The first-order chi connectivity index (χ1) is 13.6. The van der Waals surface area contributed by atoms with Crippen LogP contribution in [0.25, 0.3) is 5.65 Å². The number of carbonyl (C=O) groups is 1. The van der Waals surface area contributed by atoms with Gasteiger partial charge in [-0.2, -0.15) is 4.52 Å². The van der Waals surface area contributed by atoms with Gasteiger partial charge in [0.25, 0.3) is 0 Å². The van der Waals surface area contributed by atoms with Crippen LogP contribution < -0.4 is 4.90 Å². The minimum atomic E-state index is 0.208. The van der Waals surface area contributed by atoms with Gasteiger partial charge in [0.2, 0.25) is 5.91 Å². The van der Waals surface area contributed by atoms with Gasteiger partial charge in [0.05, 0.1) is 0 Å². The first-order valence-electron chi connectivity index (χ1n) is 10.5. The normalized spacial score (nSPS) is 23.5. The lowest BCUT2D eigenvalue weighted by Crippen LogP contribution is -2.60. The van der Waals surface area contributed by atoms with E-state index in [9.17, 15) is 4.79 Å². The topological polar surface area (TPSA) is 69.9 Å². The van der Waals surface area contributed by atoms with Crippen LogP contribution in [0.1, 0.15) is 50.8 Å². The first-order valence-corrected chi connectivity index (χ1v) is 10.5. The standard InChI is InChI=1S/C20H29N7O/c1-14(28)26-10-4-7-16(26)11-24(2)17-12-25(13-17)19-9-8-18-21-22-20(27(18)23-19)15-5-3-6-15/h8-9,15-17H,3-7,10-13H2,1-2H3. The Bertz CT molecular complexity index is 871. The average molecular weight is 384 g/mol. The molecule has 2 aliphatic heterocycles. The van der Waals surface area contributed by atoms with E-state index in [0.29, 0.717) is 18.0 Å². The van der Waals surface area contributed by atoms with Crippen LogP contribution in [0.3, 0.4) is 0 Å². The third-order valence-electron chi connectivity index (χ3n) is 6.83. The summed E-state index contributed by atoms with van der Waals surface area (Å²) in [6.45, 7) is 5.51. The van der Waals surface area contributed by atoms with Gasteiger partial charge >= 0.3 is 0 Å². The van der Waals surface area contributed by atoms with Crippen molar-refractivity contribution in [2.75, 3.05) is 38.1 Å². The molecule has 0 radical (unpaired) electrons. The lowest BCUT2D eigenvalue weighted by molar-refractivity contribution is -0.130. The molecular weight excluding hydrogens is 354 g/mol. The summed E-state index contributed by atoms with van der Waals surface area (Å²) in [6, 6.07) is 4.96. The average Bonchev–Trinajstić information content (AvgIpc) is 3.19. The molecule has 0 N–H and O–H groups in total. The predicted molar refractivity (Wildman–Crippen MR) is 106 cm³/mol. The molecule has 150 valence electrons. The number of anilines is 1. The number of hydrogen-bond acceptors (Lipinski definition) is 6. The molecule has 5 rings (SSSR count). The van der Waals surface area contributed by atoms with Crippen molar-refractivity contribution >= 4 is 17.4 Å². The van der Waals surface area contributed by atoms with Crippen molar-refractivity contribution in [3.63, 3.8) is 0 Å². The molecule has 1 atom stereocenters. The summed E-state index contributed by atoms with van der Waals surface area (Å²) in [4.78, 5) is 18.6. The Balaban J connectivity index is 1.22. The fraction of sp³-hybridized carbons (Fsp3) is 0.700. The zero-order valence-corrected chi connectivity index (χ0v) is 16.8. The number of likely N-dealkylation sites (N-methyl/N-ethyl adjacent to an activating group) is 1. The summed E-state index contributed by atoms with van der Waals surface area (Å²) in [5.41, 5.74) is 0.838. The number of amides is 1. The molecular formula is C20H29N7O. The molecule has 0 aromatic carbocycles. The van der Waals surface area contributed by atoms with Gasteiger partial charge in [-0.25, -0.2) is 0 Å². The molecule has 4 heterocycles. The third-order valence-corrected chi connectivity index (χ3v) is 6.83. The highest BCUT2D eigenvalue weighted by molar-refractivity contribution is 5.73. The minimum Gasteiger partial charge on any atom is -0.352 e. The van der Waals surface area contributed by atoms with Crippen LogP contribution in [0.2, 0.25) is 0 Å². The largest absolute Gasteiger partial charge is 0.352 e. The van der Waals surface area contributed by atoms with E-state index >= 15 is 0 Å². The lowest BCUT2D eigenvalue weighted by atomic mass is 9.85. The highest BCUT2D eigenvalue weighted by atomic mass is 16.2. The summed E-state index contributed by atoms with van der Waals surface area (Å²) in [5.74, 6) is 2.75. The van der Waals surface area contributed by atoms with Crippen LogP contribution >= 0.6 is 0 Å². The van der Waals surface area contributed by atoms with Crippen LogP contribution in [0, 0.1) is 0 Å². The molecule has 1 aliphatic carbocycles. The Morgan fingerprint density at radius 2 is 2.00 bits per heavy atom. The quantitative estimate of drug-likeness (QED) is 0.780. The van der Waals surface area contributed by atoms with Crippen molar-refractivity contribution in [2.45, 2.75) is 57.0 Å². The van der Waals surface area contributed by atoms with Crippen LogP contribution in [-0.2, 0) is 4.79 Å². The molecule has 8 heteroatoms. The van der Waals surface area contributed by atoms with Gasteiger partial charge in [0.15, 0.2) is 11.5 Å². The molecule has 8 nitrogen and oxygen atoms in total. The van der Waals surface area contributed by atoms with Gasteiger partial charge in [-0.1, -0.05) is 6.42 Å². The van der Waals surface area contributed by atoms with Crippen LogP contribution in [0.4, 0.5) is 5.82 Å². The maximum Gasteiger partial charge on any atom is 0.219 e. The molecule has 2 aromatic rings. The van der Waals surface area contributed by atoms with Crippen LogP contribution in [0.15, 0.2) is 12.1 Å². The van der Waals surface area contributed by atoms with E-state index in [1.165, 1.54) is 19.3 Å². The van der Waals surface area contributed by atoms with Gasteiger partial charge in [0, 0.05) is 51.1 Å². The summed E-state index contributed by atoms with van der Waals surface area (Å²) < 4.78 is 1.94. The summed E-state index contributed by atoms with van der Waals surface area (Å²) in [6.07, 6.45) is 5.92. The van der Waals surface area contributed by atoms with Crippen molar-refractivity contribution in [2.24, 2.45) is 0 Å². The smallest absolute Gasteiger partial charge is 0.219 e. The number of likely N-dealkylation sites (tertiary alicyclic amines) is 1. The number of fused-ring (bicyclic) bond motifs is 1. The molecule has 1 saturated carbocycles. The lowest BCUT2D eigenvalue weighted by Gasteiger charge is -2.45. The molecule has 0 bridgehead atoms. The monoisotopic (exact) mass is 383 g/mol. The van der Waals surface area contributed by atoms with Crippen LogP contribution in [0.5, 0.6) is 0 Å². The second-order valence-corrected chi connectivity index (χ2v) is 8.65. The van der Waals surface area contributed by atoms with E-state index in [4.69, 9.17) is 5.10 Å². The minimum absolute atomic E-state index is 0.208. The summed E-state index contributed by atoms with van der Waals surface area (Å²) in [5, 5.41) is 13.5. The first kappa shape index (κ1) is 17.8. The highest BCUT2D eigenvalue weighted by Crippen LogP contribution is 2.35. The zero-order valence-electron chi connectivity index (χ0n) is 16.8. The van der Waals surface area contributed by atoms with Crippen molar-refractivity contribution in [1.82, 2.24) is 29.6 Å². The fourth-order valence-electron chi connectivity index (χ4n) is 4.73. The zero-order chi connectivity index (χ0) is 19.3. The molecule has 2 aromatic heterocycles. The number of nitrogens with zero attached hydrogens (tertiary/aromatic N) is 7. The van der Waals surface area contributed by atoms with Gasteiger partial charge in [-0.3, -0.25) is 9.69 Å².